The van der Waals surface area contributed by atoms with Crippen molar-refractivity contribution in [3.05, 3.63) is 0 Å². The fourth-order valence-corrected chi connectivity index (χ4v) is 1.64. The number of carbonyl (C=O) groups excluding carboxylic acids is 1. The van der Waals surface area contributed by atoms with Crippen molar-refractivity contribution < 1.29 is 4.79 Å². The summed E-state index contributed by atoms with van der Waals surface area (Å²) in [5, 5.41) is 0. The first kappa shape index (κ1) is 9.48. The molecule has 1 amide bonds. The van der Waals surface area contributed by atoms with Crippen LogP contribution in [0.3, 0.4) is 0 Å². The van der Waals surface area contributed by atoms with Crippen molar-refractivity contribution in [2.24, 2.45) is 11.8 Å². The number of nitrogens with zero attached hydrogens (tertiary/aromatic N) is 1. The summed E-state index contributed by atoms with van der Waals surface area (Å²) in [6.07, 6.45) is 2.43. The fraction of sp³-hybridized carbons (Fsp3) is 0.875. The average Bonchev–Trinajstić information content (AvgIpc) is 2.52. The van der Waals surface area contributed by atoms with Crippen LogP contribution in [0.2, 0.25) is 0 Å². The van der Waals surface area contributed by atoms with Crippen LogP contribution >= 0.6 is 0 Å². The molecule has 1 saturated heterocycles. The maximum Gasteiger partial charge on any atom is 0.248 e. The summed E-state index contributed by atoms with van der Waals surface area (Å²) in [6, 6.07) is 0. The number of likely N-dealkylation sites (tertiary alicyclic amines) is 1. The van der Waals surface area contributed by atoms with Crippen molar-refractivity contribution in [2.75, 3.05) is 19.6 Å². The van der Waals surface area contributed by atoms with Gasteiger partial charge in [0, 0.05) is 6.54 Å². The Morgan fingerprint density at radius 1 is 1.75 bits per heavy atom. The molecule has 12 heavy (non-hydrogen) atoms. The van der Waals surface area contributed by atoms with E-state index in [1.54, 1.807) is 0 Å². The Kier molecular flexibility index (Phi) is 3.49. The van der Waals surface area contributed by atoms with Gasteiger partial charge in [-0.3, -0.25) is 15.1 Å². The van der Waals surface area contributed by atoms with Gasteiger partial charge in [0.25, 0.3) is 0 Å². The summed E-state index contributed by atoms with van der Waals surface area (Å²) >= 11 is 0. The van der Waals surface area contributed by atoms with Gasteiger partial charge in [-0.1, -0.05) is 13.3 Å². The topological polar surface area (TPSA) is 58.4 Å². The van der Waals surface area contributed by atoms with Gasteiger partial charge in [-0.2, -0.15) is 0 Å². The third kappa shape index (κ3) is 2.46. The number of carbonyl (C=O) groups is 1. The van der Waals surface area contributed by atoms with E-state index in [2.05, 4.69) is 17.2 Å². The molecule has 0 aromatic rings. The van der Waals surface area contributed by atoms with E-state index >= 15 is 0 Å². The van der Waals surface area contributed by atoms with Crippen LogP contribution in [-0.2, 0) is 4.79 Å². The summed E-state index contributed by atoms with van der Waals surface area (Å²) in [7, 11) is 0. The van der Waals surface area contributed by atoms with E-state index in [1.165, 1.54) is 12.8 Å². The molecule has 1 fully saturated rings. The Bertz CT molecular complexity index is 160. The van der Waals surface area contributed by atoms with Crippen molar-refractivity contribution in [1.82, 2.24) is 10.3 Å². The van der Waals surface area contributed by atoms with Gasteiger partial charge in [0.15, 0.2) is 0 Å². The van der Waals surface area contributed by atoms with E-state index < -0.39 is 0 Å². The molecule has 0 aromatic heterocycles. The molecule has 1 atom stereocenters. The van der Waals surface area contributed by atoms with Crippen molar-refractivity contribution in [3.63, 3.8) is 0 Å². The highest BCUT2D eigenvalue weighted by atomic mass is 16.2. The third-order valence-corrected chi connectivity index (χ3v) is 2.48. The van der Waals surface area contributed by atoms with Gasteiger partial charge in [-0.15, -0.1) is 0 Å². The van der Waals surface area contributed by atoms with Crippen molar-refractivity contribution >= 4 is 5.91 Å². The van der Waals surface area contributed by atoms with Crippen LogP contribution < -0.4 is 11.3 Å². The van der Waals surface area contributed by atoms with Crippen molar-refractivity contribution in [1.29, 1.82) is 0 Å². The normalized spacial score (nSPS) is 24.3. The number of nitrogens with one attached hydrogen (secondary N) is 1. The van der Waals surface area contributed by atoms with Gasteiger partial charge in [0.05, 0.1) is 6.54 Å². The number of rotatable bonds is 3. The predicted molar refractivity (Wildman–Crippen MR) is 47.2 cm³/mol. The second-order valence-electron chi connectivity index (χ2n) is 3.37. The van der Waals surface area contributed by atoms with E-state index in [1.807, 2.05) is 0 Å². The Morgan fingerprint density at radius 2 is 2.50 bits per heavy atom. The van der Waals surface area contributed by atoms with Crippen molar-refractivity contribution in [3.8, 4) is 0 Å². The Balaban J connectivity index is 2.23. The largest absolute Gasteiger partial charge is 0.294 e. The molecule has 0 aromatic carbocycles. The maximum absolute atomic E-state index is 10.9. The summed E-state index contributed by atoms with van der Waals surface area (Å²) in [6.45, 7) is 4.72. The molecule has 70 valence electrons. The molecule has 1 aliphatic heterocycles. The van der Waals surface area contributed by atoms with E-state index in [0.29, 0.717) is 6.54 Å². The van der Waals surface area contributed by atoms with Gasteiger partial charge in [-0.25, -0.2) is 5.84 Å². The average molecular weight is 171 g/mol. The lowest BCUT2D eigenvalue weighted by molar-refractivity contribution is -0.122. The molecule has 0 radical (unpaired) electrons. The van der Waals surface area contributed by atoms with Gasteiger partial charge < -0.3 is 0 Å². The van der Waals surface area contributed by atoms with Crippen LogP contribution in [0.5, 0.6) is 0 Å². The fourth-order valence-electron chi connectivity index (χ4n) is 1.64. The minimum absolute atomic E-state index is 0.0910. The molecule has 1 rings (SSSR count). The van der Waals surface area contributed by atoms with Crippen LogP contribution in [0, 0.1) is 5.92 Å². The van der Waals surface area contributed by atoms with E-state index in [4.69, 9.17) is 5.84 Å². The summed E-state index contributed by atoms with van der Waals surface area (Å²) in [5.41, 5.74) is 2.14. The molecule has 1 heterocycles. The first-order valence-corrected chi connectivity index (χ1v) is 4.48. The zero-order valence-electron chi connectivity index (χ0n) is 7.55. The highest BCUT2D eigenvalue weighted by Gasteiger charge is 2.21. The van der Waals surface area contributed by atoms with Gasteiger partial charge in [0.2, 0.25) is 5.91 Å². The molecule has 1 unspecified atom stereocenters. The van der Waals surface area contributed by atoms with Crippen molar-refractivity contribution in [2.45, 2.75) is 19.8 Å². The van der Waals surface area contributed by atoms with Crippen LogP contribution in [0.25, 0.3) is 0 Å². The first-order chi connectivity index (χ1) is 5.76. The van der Waals surface area contributed by atoms with Crippen LogP contribution in [0.15, 0.2) is 0 Å². The minimum Gasteiger partial charge on any atom is -0.294 e. The van der Waals surface area contributed by atoms with Gasteiger partial charge in [-0.05, 0) is 18.9 Å². The lowest BCUT2D eigenvalue weighted by Gasteiger charge is -2.13. The number of nitrogens with two attached hydrogens (primary N) is 1. The minimum atomic E-state index is -0.0910. The smallest absolute Gasteiger partial charge is 0.248 e. The molecule has 4 heteroatoms. The standard InChI is InChI=1S/C8H17N3O/c1-2-7-3-4-11(5-7)6-8(12)10-9/h7H,2-6,9H2,1H3,(H,10,12). The maximum atomic E-state index is 10.9. The SMILES string of the molecule is CCC1CCN(CC(=O)NN)C1. The molecule has 0 saturated carbocycles. The molecule has 0 spiro atoms. The number of hydrogen-bond donors (Lipinski definition) is 2. The summed E-state index contributed by atoms with van der Waals surface area (Å²) in [5.74, 6) is 5.67. The summed E-state index contributed by atoms with van der Waals surface area (Å²) in [4.78, 5) is 13.0. The van der Waals surface area contributed by atoms with Gasteiger partial charge >= 0.3 is 0 Å². The van der Waals surface area contributed by atoms with Crippen LogP contribution in [0.4, 0.5) is 0 Å². The van der Waals surface area contributed by atoms with Gasteiger partial charge in [0.1, 0.15) is 0 Å². The molecular weight excluding hydrogens is 154 g/mol. The number of hydrogen-bond acceptors (Lipinski definition) is 3. The van der Waals surface area contributed by atoms with E-state index in [-0.39, 0.29) is 5.91 Å². The van der Waals surface area contributed by atoms with E-state index in [0.717, 1.165) is 19.0 Å². The number of hydrazine groups is 1. The molecule has 0 bridgehead atoms. The number of amides is 1. The summed E-state index contributed by atoms with van der Waals surface area (Å²) < 4.78 is 0. The second-order valence-corrected chi connectivity index (χ2v) is 3.37. The first-order valence-electron chi connectivity index (χ1n) is 4.48. The van der Waals surface area contributed by atoms with Crippen LogP contribution in [0.1, 0.15) is 19.8 Å². The molecule has 3 N–H and O–H groups in total. The Hall–Kier alpha value is -0.610. The Labute approximate surface area is 73.1 Å². The zero-order chi connectivity index (χ0) is 8.97. The van der Waals surface area contributed by atoms with E-state index in [9.17, 15) is 4.79 Å². The molecule has 1 aliphatic rings. The zero-order valence-corrected chi connectivity index (χ0v) is 7.55. The predicted octanol–water partition coefficient (Wildman–Crippen LogP) is -0.292. The molecule has 4 nitrogen and oxygen atoms in total. The monoisotopic (exact) mass is 171 g/mol. The highest BCUT2D eigenvalue weighted by molar-refractivity contribution is 5.77. The highest BCUT2D eigenvalue weighted by Crippen LogP contribution is 2.18. The third-order valence-electron chi connectivity index (χ3n) is 2.48. The lowest BCUT2D eigenvalue weighted by atomic mass is 10.1. The Morgan fingerprint density at radius 3 is 3.00 bits per heavy atom. The quantitative estimate of drug-likeness (QED) is 0.348. The lowest BCUT2D eigenvalue weighted by Crippen LogP contribution is -2.39. The molecule has 0 aliphatic carbocycles. The molecular formula is C8H17N3O. The van der Waals surface area contributed by atoms with Crippen LogP contribution in [-0.4, -0.2) is 30.4 Å². The second kappa shape index (κ2) is 4.42.